The molecule has 0 bridgehead atoms. The highest BCUT2D eigenvalue weighted by Gasteiger charge is 2.14. The molecule has 1 aromatic carbocycles. The van der Waals surface area contributed by atoms with Crippen molar-refractivity contribution in [2.45, 2.75) is 19.8 Å². The molecule has 0 saturated heterocycles. The summed E-state index contributed by atoms with van der Waals surface area (Å²) in [6, 6.07) is 7.95. The maximum Gasteiger partial charge on any atom is 0.0741 e. The lowest BCUT2D eigenvalue weighted by atomic mass is 10.0. The Morgan fingerprint density at radius 1 is 1.37 bits per heavy atom. The van der Waals surface area contributed by atoms with Crippen molar-refractivity contribution in [1.82, 2.24) is 4.98 Å². The average Bonchev–Trinajstić information content (AvgIpc) is 2.35. The van der Waals surface area contributed by atoms with E-state index in [1.807, 2.05) is 39.2 Å². The Balaban J connectivity index is 2.74. The second-order valence-electron chi connectivity index (χ2n) is 4.74. The Hall–Kier alpha value is -1.79. The molecule has 0 N–H and O–H groups in total. The maximum absolute atomic E-state index is 8.80. The standard InChI is InChI=1S/C15H16ClN3/c1-10-12(5-4-8-17)15(19(2)3)13-7-6-11(16)9-14(13)18-10/h6-7,9H,4-5H2,1-3H3. The summed E-state index contributed by atoms with van der Waals surface area (Å²) in [5, 5.41) is 10.6. The van der Waals surface area contributed by atoms with Gasteiger partial charge in [-0.1, -0.05) is 11.6 Å². The first-order valence-corrected chi connectivity index (χ1v) is 6.55. The molecule has 19 heavy (non-hydrogen) atoms. The second kappa shape index (κ2) is 5.46. The Morgan fingerprint density at radius 3 is 2.74 bits per heavy atom. The van der Waals surface area contributed by atoms with E-state index in [0.29, 0.717) is 11.4 Å². The zero-order valence-electron chi connectivity index (χ0n) is 11.4. The second-order valence-corrected chi connectivity index (χ2v) is 5.17. The Bertz CT molecular complexity index is 656. The van der Waals surface area contributed by atoms with Crippen LogP contribution in [-0.2, 0) is 6.42 Å². The first-order valence-electron chi connectivity index (χ1n) is 6.17. The summed E-state index contributed by atoms with van der Waals surface area (Å²) in [5.74, 6) is 0. The fraction of sp³-hybridized carbons (Fsp3) is 0.333. The van der Waals surface area contributed by atoms with E-state index in [1.165, 1.54) is 0 Å². The van der Waals surface area contributed by atoms with Crippen LogP contribution in [0.1, 0.15) is 17.7 Å². The van der Waals surface area contributed by atoms with E-state index in [9.17, 15) is 0 Å². The number of halogens is 1. The van der Waals surface area contributed by atoms with Gasteiger partial charge in [0.1, 0.15) is 0 Å². The number of aromatic nitrogens is 1. The molecule has 0 saturated carbocycles. The van der Waals surface area contributed by atoms with Gasteiger partial charge >= 0.3 is 0 Å². The maximum atomic E-state index is 8.80. The molecule has 4 heteroatoms. The van der Waals surface area contributed by atoms with E-state index in [4.69, 9.17) is 16.9 Å². The Labute approximate surface area is 118 Å². The van der Waals surface area contributed by atoms with Crippen molar-refractivity contribution in [2.24, 2.45) is 0 Å². The lowest BCUT2D eigenvalue weighted by Crippen LogP contribution is -2.14. The molecule has 1 heterocycles. The normalized spacial score (nSPS) is 10.5. The number of fused-ring (bicyclic) bond motifs is 1. The van der Waals surface area contributed by atoms with Gasteiger partial charge in [0.25, 0.3) is 0 Å². The minimum absolute atomic E-state index is 0.502. The third kappa shape index (κ3) is 2.64. The summed E-state index contributed by atoms with van der Waals surface area (Å²) in [6.45, 7) is 1.99. The number of nitrogens with zero attached hydrogens (tertiary/aromatic N) is 3. The van der Waals surface area contributed by atoms with Gasteiger partial charge in [0.2, 0.25) is 0 Å². The molecule has 0 aliphatic rings. The first kappa shape index (κ1) is 13.6. The van der Waals surface area contributed by atoms with Crippen LogP contribution in [0.3, 0.4) is 0 Å². The van der Waals surface area contributed by atoms with Crippen LogP contribution in [0.15, 0.2) is 18.2 Å². The topological polar surface area (TPSA) is 39.9 Å². The largest absolute Gasteiger partial charge is 0.377 e. The number of pyridine rings is 1. The molecule has 0 aliphatic carbocycles. The Morgan fingerprint density at radius 2 is 2.11 bits per heavy atom. The minimum atomic E-state index is 0.502. The summed E-state index contributed by atoms with van der Waals surface area (Å²) in [4.78, 5) is 6.69. The van der Waals surface area contributed by atoms with Gasteiger partial charge in [0.05, 0.1) is 17.3 Å². The molecular formula is C15H16ClN3. The van der Waals surface area contributed by atoms with Crippen molar-refractivity contribution in [3.63, 3.8) is 0 Å². The third-order valence-corrected chi connectivity index (χ3v) is 3.39. The van der Waals surface area contributed by atoms with Gasteiger partial charge in [0.15, 0.2) is 0 Å². The summed E-state index contributed by atoms with van der Waals surface area (Å²) >= 11 is 6.03. The summed E-state index contributed by atoms with van der Waals surface area (Å²) in [7, 11) is 4.03. The van der Waals surface area contributed by atoms with Crippen molar-refractivity contribution >= 4 is 28.2 Å². The van der Waals surface area contributed by atoms with Crippen molar-refractivity contribution in [3.05, 3.63) is 34.5 Å². The molecule has 0 amide bonds. The van der Waals surface area contributed by atoms with Gasteiger partial charge in [-0.2, -0.15) is 5.26 Å². The lowest BCUT2D eigenvalue weighted by molar-refractivity contribution is 0.960. The quantitative estimate of drug-likeness (QED) is 0.856. The van der Waals surface area contributed by atoms with Gasteiger partial charge in [-0.25, -0.2) is 0 Å². The smallest absolute Gasteiger partial charge is 0.0741 e. The summed E-state index contributed by atoms with van der Waals surface area (Å²) < 4.78 is 0. The van der Waals surface area contributed by atoms with Gasteiger partial charge in [0, 0.05) is 36.6 Å². The molecule has 2 aromatic rings. The minimum Gasteiger partial charge on any atom is -0.377 e. The van der Waals surface area contributed by atoms with E-state index in [0.717, 1.165) is 34.3 Å². The van der Waals surface area contributed by atoms with Gasteiger partial charge in [-0.05, 0) is 37.1 Å². The van der Waals surface area contributed by atoms with Gasteiger partial charge < -0.3 is 4.90 Å². The predicted molar refractivity (Wildman–Crippen MR) is 79.8 cm³/mol. The van der Waals surface area contributed by atoms with E-state index < -0.39 is 0 Å². The van der Waals surface area contributed by atoms with Crippen LogP contribution in [0.4, 0.5) is 5.69 Å². The molecular weight excluding hydrogens is 258 g/mol. The number of aryl methyl sites for hydroxylation is 1. The van der Waals surface area contributed by atoms with Crippen LogP contribution in [0.25, 0.3) is 10.9 Å². The van der Waals surface area contributed by atoms with Crippen LogP contribution >= 0.6 is 11.6 Å². The van der Waals surface area contributed by atoms with Crippen LogP contribution in [0.2, 0.25) is 5.02 Å². The van der Waals surface area contributed by atoms with E-state index in [-0.39, 0.29) is 0 Å². The number of hydrogen-bond donors (Lipinski definition) is 0. The molecule has 3 nitrogen and oxygen atoms in total. The number of nitriles is 1. The molecule has 0 atom stereocenters. The molecule has 0 unspecified atom stereocenters. The zero-order valence-corrected chi connectivity index (χ0v) is 12.1. The van der Waals surface area contributed by atoms with Crippen LogP contribution < -0.4 is 4.90 Å². The van der Waals surface area contributed by atoms with Crippen molar-refractivity contribution in [1.29, 1.82) is 5.26 Å². The molecule has 2 rings (SSSR count). The van der Waals surface area contributed by atoms with E-state index in [1.54, 1.807) is 0 Å². The number of anilines is 1. The highest BCUT2D eigenvalue weighted by atomic mass is 35.5. The zero-order chi connectivity index (χ0) is 14.0. The van der Waals surface area contributed by atoms with Crippen molar-refractivity contribution < 1.29 is 0 Å². The molecule has 0 aliphatic heterocycles. The van der Waals surface area contributed by atoms with Crippen molar-refractivity contribution in [2.75, 3.05) is 19.0 Å². The van der Waals surface area contributed by atoms with Gasteiger partial charge in [-0.15, -0.1) is 0 Å². The first-order chi connectivity index (χ1) is 9.04. The fourth-order valence-electron chi connectivity index (χ4n) is 2.37. The van der Waals surface area contributed by atoms with E-state index in [2.05, 4.69) is 16.0 Å². The van der Waals surface area contributed by atoms with Gasteiger partial charge in [-0.3, -0.25) is 4.98 Å². The summed E-state index contributed by atoms with van der Waals surface area (Å²) in [6.07, 6.45) is 1.23. The molecule has 0 radical (unpaired) electrons. The number of hydrogen-bond acceptors (Lipinski definition) is 3. The predicted octanol–water partition coefficient (Wildman–Crippen LogP) is 3.72. The van der Waals surface area contributed by atoms with Crippen LogP contribution in [0.5, 0.6) is 0 Å². The highest BCUT2D eigenvalue weighted by molar-refractivity contribution is 6.31. The van der Waals surface area contributed by atoms with Crippen LogP contribution in [0, 0.1) is 18.3 Å². The fourth-order valence-corrected chi connectivity index (χ4v) is 2.54. The summed E-state index contributed by atoms with van der Waals surface area (Å²) in [5.41, 5.74) is 4.14. The SMILES string of the molecule is Cc1nc2cc(Cl)ccc2c(N(C)C)c1CCC#N. The molecule has 0 fully saturated rings. The van der Waals surface area contributed by atoms with E-state index >= 15 is 0 Å². The van der Waals surface area contributed by atoms with Crippen molar-refractivity contribution in [3.8, 4) is 6.07 Å². The Kier molecular flexibility index (Phi) is 3.92. The molecule has 0 spiro atoms. The number of benzene rings is 1. The third-order valence-electron chi connectivity index (χ3n) is 3.16. The monoisotopic (exact) mass is 273 g/mol. The molecule has 98 valence electrons. The molecule has 1 aromatic heterocycles. The average molecular weight is 274 g/mol. The van der Waals surface area contributed by atoms with Crippen LogP contribution in [-0.4, -0.2) is 19.1 Å². The lowest BCUT2D eigenvalue weighted by Gasteiger charge is -2.21. The number of rotatable bonds is 3. The highest BCUT2D eigenvalue weighted by Crippen LogP contribution is 2.32.